The fourth-order valence-electron chi connectivity index (χ4n) is 3.62. The van der Waals surface area contributed by atoms with Crippen molar-refractivity contribution in [1.29, 1.82) is 0 Å². The normalized spacial score (nSPS) is 15.2. The van der Waals surface area contributed by atoms with Crippen LogP contribution in [-0.4, -0.2) is 56.2 Å². The molecule has 4 rings (SSSR count). The van der Waals surface area contributed by atoms with Crippen molar-refractivity contribution >= 4 is 43.2 Å². The SMILES string of the molecule is CC(C)(C)OC(=O)N1CCN(c2nccc3sc(S(=O)(=O)Cc4ccccc4)cc23)CC1. The number of hydrogen-bond acceptors (Lipinski definition) is 7. The third-order valence-electron chi connectivity index (χ3n) is 5.14. The average Bonchev–Trinajstić information content (AvgIpc) is 3.19. The van der Waals surface area contributed by atoms with E-state index in [4.69, 9.17) is 4.74 Å². The molecule has 0 unspecified atom stereocenters. The quantitative estimate of drug-likeness (QED) is 0.561. The summed E-state index contributed by atoms with van der Waals surface area (Å²) in [5.74, 6) is 0.724. The zero-order valence-electron chi connectivity index (χ0n) is 18.4. The monoisotopic (exact) mass is 473 g/mol. The maximum Gasteiger partial charge on any atom is 0.410 e. The fourth-order valence-corrected chi connectivity index (χ4v) is 6.43. The van der Waals surface area contributed by atoms with Gasteiger partial charge in [-0.05, 0) is 38.5 Å². The maximum absolute atomic E-state index is 13.0. The van der Waals surface area contributed by atoms with Crippen LogP contribution < -0.4 is 4.90 Å². The van der Waals surface area contributed by atoms with Gasteiger partial charge in [0.1, 0.15) is 15.6 Å². The lowest BCUT2D eigenvalue weighted by Crippen LogP contribution is -2.50. The van der Waals surface area contributed by atoms with Crippen LogP contribution in [0.4, 0.5) is 10.6 Å². The number of thiophene rings is 1. The molecule has 3 heterocycles. The number of nitrogens with zero attached hydrogens (tertiary/aromatic N) is 3. The molecule has 0 atom stereocenters. The Morgan fingerprint density at radius 2 is 1.78 bits per heavy atom. The highest BCUT2D eigenvalue weighted by atomic mass is 32.2. The Morgan fingerprint density at radius 3 is 2.44 bits per heavy atom. The molecule has 1 aliphatic rings. The van der Waals surface area contributed by atoms with E-state index in [9.17, 15) is 13.2 Å². The van der Waals surface area contributed by atoms with Gasteiger partial charge in [-0.1, -0.05) is 30.3 Å². The Balaban J connectivity index is 1.53. The standard InChI is InChI=1S/C23H27N3O4S2/c1-23(2,3)30-22(27)26-13-11-25(12-14-26)21-18-15-20(31-19(18)9-10-24-21)32(28,29)16-17-7-5-4-6-8-17/h4-10,15H,11-14,16H2,1-3H3. The lowest BCUT2D eigenvalue weighted by Gasteiger charge is -2.36. The largest absolute Gasteiger partial charge is 0.444 e. The highest BCUT2D eigenvalue weighted by molar-refractivity contribution is 7.92. The van der Waals surface area contributed by atoms with Crippen molar-refractivity contribution in [3.8, 4) is 0 Å². The summed E-state index contributed by atoms with van der Waals surface area (Å²) in [5.41, 5.74) is 0.237. The first kappa shape index (κ1) is 22.5. The van der Waals surface area contributed by atoms with E-state index < -0.39 is 15.4 Å². The lowest BCUT2D eigenvalue weighted by atomic mass is 10.2. The molecule has 1 fully saturated rings. The van der Waals surface area contributed by atoms with Crippen LogP contribution in [0.15, 0.2) is 52.9 Å². The van der Waals surface area contributed by atoms with E-state index in [1.165, 1.54) is 11.3 Å². The van der Waals surface area contributed by atoms with Crippen LogP contribution in [0.3, 0.4) is 0 Å². The van der Waals surface area contributed by atoms with E-state index in [0.29, 0.717) is 30.4 Å². The summed E-state index contributed by atoms with van der Waals surface area (Å²) in [5, 5.41) is 0.829. The molecule has 170 valence electrons. The van der Waals surface area contributed by atoms with Gasteiger partial charge in [0.25, 0.3) is 0 Å². The molecule has 0 N–H and O–H groups in total. The number of sulfone groups is 1. The van der Waals surface area contributed by atoms with Crippen molar-refractivity contribution in [2.24, 2.45) is 0 Å². The smallest absolute Gasteiger partial charge is 0.410 e. The Hall–Kier alpha value is -2.65. The third-order valence-corrected chi connectivity index (χ3v) is 8.49. The molecule has 3 aromatic rings. The number of hydrogen-bond donors (Lipinski definition) is 0. The van der Waals surface area contributed by atoms with Crippen LogP contribution >= 0.6 is 11.3 Å². The van der Waals surface area contributed by atoms with Gasteiger partial charge in [0.15, 0.2) is 9.84 Å². The minimum atomic E-state index is -3.46. The Kier molecular flexibility index (Phi) is 6.13. The van der Waals surface area contributed by atoms with Crippen molar-refractivity contribution in [3.63, 3.8) is 0 Å². The number of piperazine rings is 1. The van der Waals surface area contributed by atoms with Crippen molar-refractivity contribution in [2.75, 3.05) is 31.1 Å². The second kappa shape index (κ2) is 8.71. The highest BCUT2D eigenvalue weighted by Gasteiger charge is 2.28. The van der Waals surface area contributed by atoms with E-state index >= 15 is 0 Å². The number of carbonyl (C=O) groups excluding carboxylic acids is 1. The van der Waals surface area contributed by atoms with Crippen LogP contribution in [0.5, 0.6) is 0 Å². The molecule has 0 saturated carbocycles. The zero-order chi connectivity index (χ0) is 22.9. The second-order valence-electron chi connectivity index (χ2n) is 8.81. The Morgan fingerprint density at radius 1 is 1.09 bits per heavy atom. The van der Waals surface area contributed by atoms with Gasteiger partial charge in [0.05, 0.1) is 5.75 Å². The number of carbonyl (C=O) groups is 1. The topological polar surface area (TPSA) is 79.8 Å². The van der Waals surface area contributed by atoms with Crippen molar-refractivity contribution in [3.05, 3.63) is 54.2 Å². The van der Waals surface area contributed by atoms with Gasteiger partial charge in [-0.15, -0.1) is 11.3 Å². The van der Waals surface area contributed by atoms with Crippen molar-refractivity contribution in [2.45, 2.75) is 36.3 Å². The van der Waals surface area contributed by atoms with Crippen LogP contribution in [0.1, 0.15) is 26.3 Å². The lowest BCUT2D eigenvalue weighted by molar-refractivity contribution is 0.0240. The maximum atomic E-state index is 13.0. The zero-order valence-corrected chi connectivity index (χ0v) is 20.1. The molecule has 0 bridgehead atoms. The predicted octanol–water partition coefficient (Wildman–Crippen LogP) is 4.33. The number of rotatable bonds is 4. The molecule has 2 aromatic heterocycles. The molecule has 0 radical (unpaired) electrons. The second-order valence-corrected chi connectivity index (χ2v) is 12.1. The average molecular weight is 474 g/mol. The minimum Gasteiger partial charge on any atom is -0.444 e. The number of amides is 1. The fraction of sp³-hybridized carbons (Fsp3) is 0.391. The van der Waals surface area contributed by atoms with Gasteiger partial charge in [0, 0.05) is 42.5 Å². The van der Waals surface area contributed by atoms with Gasteiger partial charge >= 0.3 is 6.09 Å². The minimum absolute atomic E-state index is 0.0298. The van der Waals surface area contributed by atoms with E-state index in [1.807, 2.05) is 57.2 Å². The Labute approximate surface area is 192 Å². The number of fused-ring (bicyclic) bond motifs is 1. The van der Waals surface area contributed by atoms with E-state index in [0.717, 1.165) is 21.5 Å². The molecule has 1 saturated heterocycles. The summed E-state index contributed by atoms with van der Waals surface area (Å²) in [7, 11) is -3.46. The highest BCUT2D eigenvalue weighted by Crippen LogP contribution is 2.35. The number of ether oxygens (including phenoxy) is 1. The summed E-state index contributed by atoms with van der Waals surface area (Å²) < 4.78 is 32.7. The van der Waals surface area contributed by atoms with Crippen LogP contribution in [0.2, 0.25) is 0 Å². The first-order valence-electron chi connectivity index (χ1n) is 10.5. The van der Waals surface area contributed by atoms with Crippen LogP contribution in [0.25, 0.3) is 10.1 Å². The Bertz CT molecular complexity index is 1210. The number of anilines is 1. The molecule has 1 aromatic carbocycles. The number of aromatic nitrogens is 1. The number of pyridine rings is 1. The van der Waals surface area contributed by atoms with E-state index in [2.05, 4.69) is 9.88 Å². The van der Waals surface area contributed by atoms with Gasteiger partial charge in [-0.25, -0.2) is 18.2 Å². The van der Waals surface area contributed by atoms with Gasteiger partial charge in [-0.2, -0.15) is 0 Å². The molecule has 7 nitrogen and oxygen atoms in total. The molecule has 0 spiro atoms. The molecule has 1 amide bonds. The van der Waals surface area contributed by atoms with E-state index in [1.54, 1.807) is 17.2 Å². The van der Waals surface area contributed by atoms with Gasteiger partial charge in [-0.3, -0.25) is 0 Å². The van der Waals surface area contributed by atoms with Gasteiger partial charge in [0.2, 0.25) is 0 Å². The summed E-state index contributed by atoms with van der Waals surface area (Å²) >= 11 is 1.27. The predicted molar refractivity (Wildman–Crippen MR) is 127 cm³/mol. The van der Waals surface area contributed by atoms with E-state index in [-0.39, 0.29) is 11.8 Å². The van der Waals surface area contributed by atoms with Crippen LogP contribution in [0, 0.1) is 0 Å². The molecule has 0 aliphatic carbocycles. The summed E-state index contributed by atoms with van der Waals surface area (Å²) in [6.07, 6.45) is 1.40. The summed E-state index contributed by atoms with van der Waals surface area (Å²) in [6.45, 7) is 7.82. The summed E-state index contributed by atoms with van der Waals surface area (Å²) in [6, 6.07) is 12.8. The van der Waals surface area contributed by atoms with Gasteiger partial charge < -0.3 is 14.5 Å². The first-order valence-corrected chi connectivity index (χ1v) is 13.0. The van der Waals surface area contributed by atoms with Crippen molar-refractivity contribution < 1.29 is 17.9 Å². The summed E-state index contributed by atoms with van der Waals surface area (Å²) in [4.78, 5) is 20.7. The molecule has 9 heteroatoms. The molecule has 1 aliphatic heterocycles. The molecular formula is C23H27N3O4S2. The molecule has 32 heavy (non-hydrogen) atoms. The first-order chi connectivity index (χ1) is 15.1. The molecular weight excluding hydrogens is 446 g/mol. The van der Waals surface area contributed by atoms with Crippen LogP contribution in [-0.2, 0) is 20.3 Å². The third kappa shape index (κ3) is 5.05. The van der Waals surface area contributed by atoms with Crippen molar-refractivity contribution in [1.82, 2.24) is 9.88 Å². The number of benzene rings is 1.